The molecule has 0 spiro atoms. The van der Waals surface area contributed by atoms with Gasteiger partial charge < -0.3 is 20.5 Å². The molecule has 3 N–H and O–H groups in total. The lowest BCUT2D eigenvalue weighted by Crippen LogP contribution is -2.56. The van der Waals surface area contributed by atoms with E-state index in [0.29, 0.717) is 42.6 Å². The first kappa shape index (κ1) is 23.2. The van der Waals surface area contributed by atoms with E-state index in [0.717, 1.165) is 16.9 Å². The first-order valence-corrected chi connectivity index (χ1v) is 11.1. The summed E-state index contributed by atoms with van der Waals surface area (Å²) in [5.41, 5.74) is 6.73. The number of nitrogens with zero attached hydrogens (tertiary/aromatic N) is 6. The van der Waals surface area contributed by atoms with Crippen LogP contribution in [0.1, 0.15) is 26.2 Å². The van der Waals surface area contributed by atoms with Gasteiger partial charge in [0, 0.05) is 32.1 Å². The zero-order chi connectivity index (χ0) is 24.2. The van der Waals surface area contributed by atoms with Crippen LogP contribution < -0.4 is 10.6 Å². The van der Waals surface area contributed by atoms with E-state index in [2.05, 4.69) is 15.0 Å². The van der Waals surface area contributed by atoms with Gasteiger partial charge in [-0.1, -0.05) is 12.1 Å². The second-order valence-electron chi connectivity index (χ2n) is 8.15. The van der Waals surface area contributed by atoms with Gasteiger partial charge in [0.15, 0.2) is 11.6 Å². The molecule has 0 bridgehead atoms. The molecular formula is C23H28N8O3. The van der Waals surface area contributed by atoms with Crippen LogP contribution in [0.5, 0.6) is 5.75 Å². The molecule has 2 aliphatic rings. The second-order valence-corrected chi connectivity index (χ2v) is 8.15. The van der Waals surface area contributed by atoms with Crippen molar-refractivity contribution in [2.24, 2.45) is 15.7 Å². The Morgan fingerprint density at radius 3 is 2.82 bits per heavy atom. The number of nitrogens with two attached hydrogens (primary N) is 1. The van der Waals surface area contributed by atoms with E-state index in [-0.39, 0.29) is 11.6 Å². The van der Waals surface area contributed by atoms with Crippen LogP contribution in [-0.4, -0.2) is 75.1 Å². The van der Waals surface area contributed by atoms with Crippen LogP contribution >= 0.6 is 0 Å². The van der Waals surface area contributed by atoms with E-state index in [1.807, 2.05) is 18.2 Å². The average Bonchev–Trinajstić information content (AvgIpc) is 3.37. The number of imidazole rings is 1. The molecule has 2 aliphatic heterocycles. The minimum atomic E-state index is -0.728. The summed E-state index contributed by atoms with van der Waals surface area (Å²) in [5.74, 6) is 1.70. The lowest BCUT2D eigenvalue weighted by atomic mass is 10.1. The van der Waals surface area contributed by atoms with Crippen molar-refractivity contribution in [3.05, 3.63) is 48.6 Å². The smallest absolute Gasteiger partial charge is 0.331 e. The zero-order valence-corrected chi connectivity index (χ0v) is 19.4. The molecule has 3 amide bonds. The monoisotopic (exact) mass is 464 g/mol. The van der Waals surface area contributed by atoms with Gasteiger partial charge in [0.05, 0.1) is 6.20 Å². The molecule has 34 heavy (non-hydrogen) atoms. The summed E-state index contributed by atoms with van der Waals surface area (Å²) in [6.45, 7) is 2.29. The lowest BCUT2D eigenvalue weighted by Gasteiger charge is -2.38. The third-order valence-electron chi connectivity index (χ3n) is 5.42. The molecule has 0 aliphatic carbocycles. The van der Waals surface area contributed by atoms with Crippen molar-refractivity contribution in [3.8, 4) is 17.1 Å². The Morgan fingerprint density at radius 2 is 2.12 bits per heavy atom. The Labute approximate surface area is 197 Å². The molecule has 1 atom stereocenters. The Balaban J connectivity index is 1.69. The number of amidine groups is 2. The zero-order valence-electron chi connectivity index (χ0n) is 19.4. The van der Waals surface area contributed by atoms with Gasteiger partial charge in [0.2, 0.25) is 0 Å². The van der Waals surface area contributed by atoms with Gasteiger partial charge in [-0.15, -0.1) is 5.06 Å². The fraction of sp³-hybridized carbons (Fsp3) is 0.348. The first-order valence-electron chi connectivity index (χ1n) is 11.1. The highest BCUT2D eigenvalue weighted by atomic mass is 16.7. The SMILES string of the molecule is CC1=NC=C2C(=NC(CCCCN)C(=O)N2C(=O)N(C)C)N1Oc1cccc(-c2ncc[nH]2)c1. The van der Waals surface area contributed by atoms with Crippen molar-refractivity contribution in [1.29, 1.82) is 0 Å². The molecule has 0 saturated carbocycles. The summed E-state index contributed by atoms with van der Waals surface area (Å²) >= 11 is 0. The molecule has 0 saturated heterocycles. The van der Waals surface area contributed by atoms with Gasteiger partial charge >= 0.3 is 6.03 Å². The summed E-state index contributed by atoms with van der Waals surface area (Å²) in [5, 5.41) is 1.45. The number of hydrogen-bond donors (Lipinski definition) is 2. The number of aromatic nitrogens is 2. The molecule has 1 aromatic carbocycles. The quantitative estimate of drug-likeness (QED) is 0.605. The Morgan fingerprint density at radius 1 is 1.29 bits per heavy atom. The number of carbonyl (C=O) groups is 2. The van der Waals surface area contributed by atoms with Crippen molar-refractivity contribution in [3.63, 3.8) is 0 Å². The Kier molecular flexibility index (Phi) is 6.73. The number of aliphatic imine (C=N–C) groups is 2. The highest BCUT2D eigenvalue weighted by Gasteiger charge is 2.42. The number of amides is 3. The third-order valence-corrected chi connectivity index (χ3v) is 5.42. The molecule has 11 heteroatoms. The van der Waals surface area contributed by atoms with Crippen LogP contribution in [0.25, 0.3) is 11.4 Å². The first-order chi connectivity index (χ1) is 16.4. The fourth-order valence-electron chi connectivity index (χ4n) is 3.67. The van der Waals surface area contributed by atoms with E-state index in [1.54, 1.807) is 39.5 Å². The van der Waals surface area contributed by atoms with Crippen molar-refractivity contribution >= 4 is 23.6 Å². The molecule has 0 radical (unpaired) electrons. The summed E-state index contributed by atoms with van der Waals surface area (Å²) in [6, 6.07) is 6.20. The van der Waals surface area contributed by atoms with Gasteiger partial charge in [0.1, 0.15) is 23.4 Å². The maximum absolute atomic E-state index is 13.2. The Hall–Kier alpha value is -3.99. The van der Waals surface area contributed by atoms with Crippen LogP contribution in [0, 0.1) is 0 Å². The maximum Gasteiger partial charge on any atom is 0.331 e. The molecule has 11 nitrogen and oxygen atoms in total. The summed E-state index contributed by atoms with van der Waals surface area (Å²) in [7, 11) is 3.19. The Bertz CT molecular complexity index is 1150. The predicted octanol–water partition coefficient (Wildman–Crippen LogP) is 2.37. The summed E-state index contributed by atoms with van der Waals surface area (Å²) in [4.78, 5) is 51.2. The molecule has 178 valence electrons. The van der Waals surface area contributed by atoms with Gasteiger partial charge in [-0.2, -0.15) is 0 Å². The number of rotatable bonds is 7. The van der Waals surface area contributed by atoms with Crippen molar-refractivity contribution in [2.45, 2.75) is 32.2 Å². The number of unbranched alkanes of at least 4 members (excludes halogenated alkanes) is 1. The standard InChI is InChI=1S/C23H28N8O3/c1-15-27-14-19-21(28-18(9-4-5-10-24)22(32)30(19)23(33)29(2)3)31(15)34-17-8-6-7-16(13-17)20-25-11-12-26-20/h6-8,11-14,18H,4-5,9-10,24H2,1-3H3,(H,25,26). The van der Waals surface area contributed by atoms with Gasteiger partial charge in [0.25, 0.3) is 5.91 Å². The van der Waals surface area contributed by atoms with Crippen LogP contribution in [0.15, 0.2) is 58.5 Å². The minimum absolute atomic E-state index is 0.270. The molecule has 3 heterocycles. The topological polar surface area (TPSA) is 133 Å². The van der Waals surface area contributed by atoms with Gasteiger partial charge in [-0.05, 0) is 44.9 Å². The molecule has 1 unspecified atom stereocenters. The minimum Gasteiger partial charge on any atom is -0.372 e. The number of hydroxylamine groups is 2. The van der Waals surface area contributed by atoms with Gasteiger partial charge in [-0.25, -0.2) is 19.7 Å². The number of benzene rings is 1. The molecule has 1 aromatic heterocycles. The largest absolute Gasteiger partial charge is 0.372 e. The summed E-state index contributed by atoms with van der Waals surface area (Å²) in [6.07, 6.45) is 6.85. The number of fused-ring (bicyclic) bond motifs is 1. The average molecular weight is 465 g/mol. The number of carbonyl (C=O) groups excluding carboxylic acids is 2. The van der Waals surface area contributed by atoms with E-state index >= 15 is 0 Å². The van der Waals surface area contributed by atoms with E-state index in [4.69, 9.17) is 15.6 Å². The van der Waals surface area contributed by atoms with Crippen molar-refractivity contribution in [1.82, 2.24) is 24.8 Å². The fourth-order valence-corrected chi connectivity index (χ4v) is 3.67. The van der Waals surface area contributed by atoms with E-state index < -0.39 is 12.1 Å². The van der Waals surface area contributed by atoms with Crippen LogP contribution in [-0.2, 0) is 4.79 Å². The number of hydrogen-bond acceptors (Lipinski definition) is 8. The normalized spacial score (nSPS) is 17.6. The van der Waals surface area contributed by atoms with Crippen molar-refractivity contribution < 1.29 is 14.4 Å². The van der Waals surface area contributed by atoms with Crippen LogP contribution in [0.3, 0.4) is 0 Å². The number of aromatic amines is 1. The van der Waals surface area contributed by atoms with Gasteiger partial charge in [-0.3, -0.25) is 9.79 Å². The number of imide groups is 1. The number of H-pyrrole nitrogens is 1. The van der Waals surface area contributed by atoms with Crippen molar-refractivity contribution in [2.75, 3.05) is 20.6 Å². The predicted molar refractivity (Wildman–Crippen MR) is 128 cm³/mol. The maximum atomic E-state index is 13.2. The molecular weight excluding hydrogens is 436 g/mol. The highest BCUT2D eigenvalue weighted by Crippen LogP contribution is 2.28. The second kappa shape index (κ2) is 9.87. The molecule has 4 rings (SSSR count). The van der Waals surface area contributed by atoms with E-state index in [1.165, 1.54) is 16.2 Å². The van der Waals surface area contributed by atoms with Crippen LogP contribution in [0.4, 0.5) is 4.79 Å². The molecule has 0 fully saturated rings. The van der Waals surface area contributed by atoms with Crippen LogP contribution in [0.2, 0.25) is 0 Å². The highest BCUT2D eigenvalue weighted by molar-refractivity contribution is 6.17. The van der Waals surface area contributed by atoms with E-state index in [9.17, 15) is 9.59 Å². The third kappa shape index (κ3) is 4.55. The number of nitrogens with one attached hydrogen (secondary N) is 1. The number of urea groups is 1. The summed E-state index contributed by atoms with van der Waals surface area (Å²) < 4.78 is 0. The lowest BCUT2D eigenvalue weighted by molar-refractivity contribution is -0.129. The molecule has 2 aromatic rings.